The second kappa shape index (κ2) is 6.48. The average Bonchev–Trinajstić information content (AvgIpc) is 2.62. The zero-order valence-corrected chi connectivity index (χ0v) is 12.3. The highest BCUT2D eigenvalue weighted by atomic mass is 16.5. The summed E-state index contributed by atoms with van der Waals surface area (Å²) in [6.07, 6.45) is 4.57. The van der Waals surface area contributed by atoms with Crippen LogP contribution in [0.4, 0.5) is 5.82 Å². The maximum Gasteiger partial charge on any atom is 0.272 e. The number of anilines is 1. The van der Waals surface area contributed by atoms with Crippen LogP contribution in [0.1, 0.15) is 22.3 Å². The highest BCUT2D eigenvalue weighted by molar-refractivity contribution is 5.92. The maximum absolute atomic E-state index is 12.5. The van der Waals surface area contributed by atoms with Gasteiger partial charge in [0, 0.05) is 32.2 Å². The minimum Gasteiger partial charge on any atom is -0.372 e. The Kier molecular flexibility index (Phi) is 4.24. The van der Waals surface area contributed by atoms with E-state index in [2.05, 4.69) is 20.3 Å². The van der Waals surface area contributed by atoms with Crippen LogP contribution in [-0.4, -0.2) is 52.5 Å². The Labute approximate surface area is 128 Å². The molecule has 0 radical (unpaired) electrons. The molecule has 2 aromatic heterocycles. The summed E-state index contributed by atoms with van der Waals surface area (Å²) in [6, 6.07) is 5.31. The van der Waals surface area contributed by atoms with Crippen LogP contribution in [0.25, 0.3) is 0 Å². The van der Waals surface area contributed by atoms with Gasteiger partial charge in [-0.25, -0.2) is 4.98 Å². The van der Waals surface area contributed by atoms with Gasteiger partial charge in [0.2, 0.25) is 0 Å². The van der Waals surface area contributed by atoms with E-state index in [0.717, 1.165) is 0 Å². The molecule has 0 unspecified atom stereocenters. The minimum atomic E-state index is -0.294. The van der Waals surface area contributed by atoms with Crippen molar-refractivity contribution in [2.24, 2.45) is 0 Å². The molecule has 114 valence electrons. The Morgan fingerprint density at radius 2 is 2.14 bits per heavy atom. The Morgan fingerprint density at radius 3 is 2.91 bits per heavy atom. The minimum absolute atomic E-state index is 0.0937. The third-order valence-corrected chi connectivity index (χ3v) is 3.51. The molecule has 7 heteroatoms. The first kappa shape index (κ1) is 14.4. The van der Waals surface area contributed by atoms with Crippen LogP contribution in [0.3, 0.4) is 0 Å². The zero-order valence-electron chi connectivity index (χ0n) is 12.3. The fourth-order valence-corrected chi connectivity index (χ4v) is 2.43. The number of rotatable bonds is 3. The molecular formula is C15H17N5O2. The van der Waals surface area contributed by atoms with E-state index in [-0.39, 0.29) is 12.0 Å². The normalized spacial score (nSPS) is 18.0. The summed E-state index contributed by atoms with van der Waals surface area (Å²) < 4.78 is 5.77. The second-order valence-electron chi connectivity index (χ2n) is 4.87. The fraction of sp³-hybridized carbons (Fsp3) is 0.333. The van der Waals surface area contributed by atoms with Crippen molar-refractivity contribution in [3.8, 4) is 0 Å². The summed E-state index contributed by atoms with van der Waals surface area (Å²) in [5.41, 5.74) is 1.15. The van der Waals surface area contributed by atoms with Gasteiger partial charge in [-0.15, -0.1) is 0 Å². The highest BCUT2D eigenvalue weighted by Crippen LogP contribution is 2.25. The van der Waals surface area contributed by atoms with Gasteiger partial charge in [0.05, 0.1) is 13.2 Å². The van der Waals surface area contributed by atoms with Gasteiger partial charge in [0.25, 0.3) is 5.91 Å². The Bertz CT molecular complexity index is 649. The van der Waals surface area contributed by atoms with Crippen LogP contribution < -0.4 is 5.32 Å². The molecule has 1 atom stereocenters. The van der Waals surface area contributed by atoms with Crippen molar-refractivity contribution in [3.63, 3.8) is 0 Å². The van der Waals surface area contributed by atoms with Crippen molar-refractivity contribution in [1.29, 1.82) is 0 Å². The van der Waals surface area contributed by atoms with Crippen molar-refractivity contribution in [2.45, 2.75) is 6.10 Å². The molecule has 2 aromatic rings. The number of aromatic nitrogens is 3. The van der Waals surface area contributed by atoms with Crippen molar-refractivity contribution in [1.82, 2.24) is 19.9 Å². The van der Waals surface area contributed by atoms with Gasteiger partial charge in [-0.3, -0.25) is 14.8 Å². The average molecular weight is 299 g/mol. The molecule has 0 bridgehead atoms. The topological polar surface area (TPSA) is 80.2 Å². The highest BCUT2D eigenvalue weighted by Gasteiger charge is 2.29. The SMILES string of the molecule is CNc1nccnc1[C@@H]1CN(C(=O)c2ccccn2)CCO1. The summed E-state index contributed by atoms with van der Waals surface area (Å²) in [6.45, 7) is 1.44. The molecule has 3 rings (SSSR count). The summed E-state index contributed by atoms with van der Waals surface area (Å²) in [7, 11) is 1.78. The van der Waals surface area contributed by atoms with Crippen molar-refractivity contribution in [3.05, 3.63) is 48.2 Å². The third-order valence-electron chi connectivity index (χ3n) is 3.51. The molecule has 0 aromatic carbocycles. The smallest absolute Gasteiger partial charge is 0.272 e. The van der Waals surface area contributed by atoms with Crippen LogP contribution in [0.15, 0.2) is 36.8 Å². The van der Waals surface area contributed by atoms with Gasteiger partial charge in [0.15, 0.2) is 0 Å². The largest absolute Gasteiger partial charge is 0.372 e. The van der Waals surface area contributed by atoms with Gasteiger partial charge in [-0.05, 0) is 12.1 Å². The van der Waals surface area contributed by atoms with E-state index in [1.807, 2.05) is 0 Å². The number of amides is 1. The van der Waals surface area contributed by atoms with E-state index < -0.39 is 0 Å². The number of carbonyl (C=O) groups is 1. The predicted molar refractivity (Wildman–Crippen MR) is 80.4 cm³/mol. The van der Waals surface area contributed by atoms with Gasteiger partial charge >= 0.3 is 0 Å². The van der Waals surface area contributed by atoms with Gasteiger partial charge < -0.3 is 15.0 Å². The van der Waals surface area contributed by atoms with E-state index in [9.17, 15) is 4.79 Å². The molecule has 1 fully saturated rings. The summed E-state index contributed by atoms with van der Waals surface area (Å²) in [4.78, 5) is 26.9. The van der Waals surface area contributed by atoms with Crippen LogP contribution in [0.5, 0.6) is 0 Å². The third kappa shape index (κ3) is 2.89. The van der Waals surface area contributed by atoms with Crippen LogP contribution in [-0.2, 0) is 4.74 Å². The standard InChI is InChI=1S/C15H17N5O2/c1-16-14-13(18-6-7-19-14)12-10-20(8-9-22-12)15(21)11-4-2-3-5-17-11/h2-7,12H,8-10H2,1H3,(H,16,19)/t12-/m0/s1. The Morgan fingerprint density at radius 1 is 1.27 bits per heavy atom. The Hall–Kier alpha value is -2.54. The molecular weight excluding hydrogens is 282 g/mol. The zero-order chi connectivity index (χ0) is 15.4. The summed E-state index contributed by atoms with van der Waals surface area (Å²) in [5, 5.41) is 3.00. The molecule has 1 aliphatic rings. The molecule has 7 nitrogen and oxygen atoms in total. The van der Waals surface area contributed by atoms with Crippen LogP contribution in [0, 0.1) is 0 Å². The van der Waals surface area contributed by atoms with E-state index in [1.165, 1.54) is 0 Å². The van der Waals surface area contributed by atoms with E-state index >= 15 is 0 Å². The molecule has 1 saturated heterocycles. The Balaban J connectivity index is 1.78. The van der Waals surface area contributed by atoms with Crippen molar-refractivity contribution in [2.75, 3.05) is 32.1 Å². The summed E-state index contributed by atoms with van der Waals surface area (Å²) >= 11 is 0. The maximum atomic E-state index is 12.5. The lowest BCUT2D eigenvalue weighted by Gasteiger charge is -2.32. The van der Waals surface area contributed by atoms with E-state index in [0.29, 0.717) is 36.9 Å². The first-order valence-corrected chi connectivity index (χ1v) is 7.10. The first-order valence-electron chi connectivity index (χ1n) is 7.10. The number of ether oxygens (including phenoxy) is 1. The number of pyridine rings is 1. The van der Waals surface area contributed by atoms with Crippen LogP contribution in [0.2, 0.25) is 0 Å². The quantitative estimate of drug-likeness (QED) is 0.915. The van der Waals surface area contributed by atoms with Gasteiger partial charge in [-0.2, -0.15) is 0 Å². The number of morpholine rings is 1. The lowest BCUT2D eigenvalue weighted by molar-refractivity contribution is -0.0247. The lowest BCUT2D eigenvalue weighted by atomic mass is 10.2. The molecule has 22 heavy (non-hydrogen) atoms. The second-order valence-corrected chi connectivity index (χ2v) is 4.87. The molecule has 1 N–H and O–H groups in total. The molecule has 1 aliphatic heterocycles. The monoisotopic (exact) mass is 299 g/mol. The van der Waals surface area contributed by atoms with E-state index in [4.69, 9.17) is 4.74 Å². The summed E-state index contributed by atoms with van der Waals surface area (Å²) in [5.74, 6) is 0.573. The molecule has 0 spiro atoms. The molecule has 3 heterocycles. The number of nitrogens with zero attached hydrogens (tertiary/aromatic N) is 4. The number of nitrogens with one attached hydrogen (secondary N) is 1. The van der Waals surface area contributed by atoms with Crippen molar-refractivity contribution < 1.29 is 9.53 Å². The number of hydrogen-bond donors (Lipinski definition) is 1. The van der Waals surface area contributed by atoms with Crippen LogP contribution >= 0.6 is 0 Å². The van der Waals surface area contributed by atoms with Gasteiger partial charge in [-0.1, -0.05) is 6.07 Å². The van der Waals surface area contributed by atoms with E-state index in [1.54, 1.807) is 48.7 Å². The lowest BCUT2D eigenvalue weighted by Crippen LogP contribution is -2.42. The number of hydrogen-bond acceptors (Lipinski definition) is 6. The molecule has 0 saturated carbocycles. The fourth-order valence-electron chi connectivity index (χ4n) is 2.43. The van der Waals surface area contributed by atoms with Crippen molar-refractivity contribution >= 4 is 11.7 Å². The molecule has 0 aliphatic carbocycles. The molecule has 1 amide bonds. The number of carbonyl (C=O) groups excluding carboxylic acids is 1. The first-order chi connectivity index (χ1) is 10.8. The van der Waals surface area contributed by atoms with Gasteiger partial charge in [0.1, 0.15) is 23.3 Å². The predicted octanol–water partition coefficient (Wildman–Crippen LogP) is 1.13.